The molecule has 3 aromatic rings. The molecule has 0 saturated heterocycles. The van der Waals surface area contributed by atoms with Gasteiger partial charge in [-0.1, -0.05) is 36.4 Å². The third-order valence-corrected chi connectivity index (χ3v) is 4.62. The van der Waals surface area contributed by atoms with E-state index in [1.807, 2.05) is 24.3 Å². The molecule has 30 heavy (non-hydrogen) atoms. The second-order valence-corrected chi connectivity index (χ2v) is 6.43. The predicted molar refractivity (Wildman–Crippen MR) is 116 cm³/mol. The van der Waals surface area contributed by atoms with Crippen LogP contribution in [-0.2, 0) is 4.79 Å². The normalized spacial score (nSPS) is 10.8. The lowest BCUT2D eigenvalue weighted by molar-refractivity contribution is -0.122. The van der Waals surface area contributed by atoms with E-state index in [-0.39, 0.29) is 18.3 Å². The maximum atomic E-state index is 12.8. The van der Waals surface area contributed by atoms with Crippen molar-refractivity contribution in [1.82, 2.24) is 5.32 Å². The highest BCUT2D eigenvalue weighted by atomic mass is 16.5. The van der Waals surface area contributed by atoms with Crippen LogP contribution in [0.25, 0.3) is 16.8 Å². The van der Waals surface area contributed by atoms with Crippen molar-refractivity contribution >= 4 is 28.5 Å². The first-order valence-electron chi connectivity index (χ1n) is 9.37. The molecule has 154 valence electrons. The van der Waals surface area contributed by atoms with E-state index in [1.54, 1.807) is 50.6 Å². The molecule has 6 heteroatoms. The van der Waals surface area contributed by atoms with Gasteiger partial charge in [-0.3, -0.25) is 9.59 Å². The van der Waals surface area contributed by atoms with Gasteiger partial charge >= 0.3 is 0 Å². The molecule has 1 amide bonds. The van der Waals surface area contributed by atoms with Crippen molar-refractivity contribution in [2.75, 3.05) is 27.9 Å². The fraction of sp³-hybridized carbons (Fsp3) is 0.167. The Bertz CT molecular complexity index is 1100. The number of nitrogens with one attached hydrogen (secondary N) is 1. The number of carbonyl (C=O) groups excluding carboxylic acids is 2. The zero-order chi connectivity index (χ0) is 21.5. The molecule has 0 fully saturated rings. The van der Waals surface area contributed by atoms with Gasteiger partial charge in [-0.2, -0.15) is 0 Å². The molecule has 3 aromatic carbocycles. The van der Waals surface area contributed by atoms with Gasteiger partial charge in [-0.15, -0.1) is 0 Å². The maximum absolute atomic E-state index is 12.8. The summed E-state index contributed by atoms with van der Waals surface area (Å²) >= 11 is 0. The predicted octanol–water partition coefficient (Wildman–Crippen LogP) is 3.88. The van der Waals surface area contributed by atoms with Gasteiger partial charge < -0.3 is 19.5 Å². The number of allylic oxidation sites excluding steroid dienone is 1. The third kappa shape index (κ3) is 4.60. The molecule has 1 N–H and O–H groups in total. The molecule has 0 unspecified atom stereocenters. The van der Waals surface area contributed by atoms with Gasteiger partial charge in [0, 0.05) is 18.0 Å². The zero-order valence-corrected chi connectivity index (χ0v) is 17.1. The van der Waals surface area contributed by atoms with E-state index in [0.29, 0.717) is 17.1 Å². The molecule has 6 nitrogen and oxygen atoms in total. The second-order valence-electron chi connectivity index (χ2n) is 6.43. The second kappa shape index (κ2) is 9.60. The topological polar surface area (TPSA) is 73.9 Å². The third-order valence-electron chi connectivity index (χ3n) is 4.62. The highest BCUT2D eigenvalue weighted by Crippen LogP contribution is 2.30. The minimum atomic E-state index is -0.238. The molecule has 0 spiro atoms. The lowest BCUT2D eigenvalue weighted by Crippen LogP contribution is -2.24. The molecular formula is C24H23NO5. The Morgan fingerprint density at radius 3 is 2.30 bits per heavy atom. The van der Waals surface area contributed by atoms with Crippen LogP contribution in [0.1, 0.15) is 15.9 Å². The van der Waals surface area contributed by atoms with E-state index < -0.39 is 0 Å². The van der Waals surface area contributed by atoms with Gasteiger partial charge in [0.2, 0.25) is 0 Å². The number of benzene rings is 3. The van der Waals surface area contributed by atoms with Crippen LogP contribution in [0, 0.1) is 0 Å². The first-order chi connectivity index (χ1) is 14.6. The number of ketones is 1. The van der Waals surface area contributed by atoms with Crippen molar-refractivity contribution < 1.29 is 23.8 Å². The minimum Gasteiger partial charge on any atom is -0.496 e. The molecule has 0 aliphatic rings. The van der Waals surface area contributed by atoms with Gasteiger partial charge in [-0.05, 0) is 41.3 Å². The number of hydrogen-bond acceptors (Lipinski definition) is 5. The summed E-state index contributed by atoms with van der Waals surface area (Å²) in [6.07, 6.45) is 3.24. The van der Waals surface area contributed by atoms with Crippen LogP contribution in [0.15, 0.2) is 60.7 Å². The van der Waals surface area contributed by atoms with Gasteiger partial charge in [0.15, 0.2) is 23.9 Å². The molecular weight excluding hydrogens is 382 g/mol. The van der Waals surface area contributed by atoms with Crippen molar-refractivity contribution in [3.8, 4) is 17.2 Å². The highest BCUT2D eigenvalue weighted by molar-refractivity contribution is 6.15. The van der Waals surface area contributed by atoms with Crippen molar-refractivity contribution in [2.24, 2.45) is 0 Å². The molecule has 0 bridgehead atoms. The smallest absolute Gasteiger partial charge is 0.257 e. The van der Waals surface area contributed by atoms with Crippen LogP contribution in [0.4, 0.5) is 0 Å². The summed E-state index contributed by atoms with van der Waals surface area (Å²) in [5.74, 6) is 1.29. The van der Waals surface area contributed by atoms with Gasteiger partial charge in [-0.25, -0.2) is 0 Å². The van der Waals surface area contributed by atoms with Crippen molar-refractivity contribution in [3.63, 3.8) is 0 Å². The monoisotopic (exact) mass is 405 g/mol. The Balaban J connectivity index is 1.83. The molecule has 0 aliphatic heterocycles. The van der Waals surface area contributed by atoms with E-state index in [0.717, 1.165) is 22.1 Å². The zero-order valence-electron chi connectivity index (χ0n) is 17.1. The summed E-state index contributed by atoms with van der Waals surface area (Å²) in [7, 11) is 4.67. The Hall–Kier alpha value is -3.80. The summed E-state index contributed by atoms with van der Waals surface area (Å²) in [5, 5.41) is 4.21. The molecule has 0 atom stereocenters. The quantitative estimate of drug-likeness (QED) is 0.455. The fourth-order valence-corrected chi connectivity index (χ4v) is 3.05. The molecule has 0 aromatic heterocycles. The number of ether oxygens (including phenoxy) is 3. The molecule has 0 radical (unpaired) electrons. The average molecular weight is 405 g/mol. The van der Waals surface area contributed by atoms with Gasteiger partial charge in [0.1, 0.15) is 5.75 Å². The number of methoxy groups -OCH3 is 2. The fourth-order valence-electron chi connectivity index (χ4n) is 3.05. The number of fused-ring (bicyclic) bond motifs is 1. The van der Waals surface area contributed by atoms with Crippen molar-refractivity contribution in [1.29, 1.82) is 0 Å². The summed E-state index contributed by atoms with van der Waals surface area (Å²) in [4.78, 5) is 24.2. The summed E-state index contributed by atoms with van der Waals surface area (Å²) in [6, 6.07) is 16.4. The summed E-state index contributed by atoms with van der Waals surface area (Å²) in [6.45, 7) is -0.106. The largest absolute Gasteiger partial charge is 0.496 e. The van der Waals surface area contributed by atoms with E-state index in [2.05, 4.69) is 5.32 Å². The maximum Gasteiger partial charge on any atom is 0.257 e. The Morgan fingerprint density at radius 1 is 0.900 bits per heavy atom. The van der Waals surface area contributed by atoms with Crippen LogP contribution in [0.3, 0.4) is 0 Å². The number of rotatable bonds is 8. The number of hydrogen-bond donors (Lipinski definition) is 1. The Kier molecular flexibility index (Phi) is 6.70. The van der Waals surface area contributed by atoms with Crippen molar-refractivity contribution in [2.45, 2.75) is 0 Å². The lowest BCUT2D eigenvalue weighted by Gasteiger charge is -2.11. The SMILES string of the molecule is CNC(=O)COc1ccc(C=CC(=O)c2ccc(OC)c3ccccc23)cc1OC. The number of carbonyl (C=O) groups is 2. The van der Waals surface area contributed by atoms with Crippen LogP contribution in [0.2, 0.25) is 0 Å². The summed E-state index contributed by atoms with van der Waals surface area (Å²) < 4.78 is 16.2. The standard InChI is InChI=1S/C24H23NO5/c1-25-24(27)15-30-22-12-9-16(14-23(22)29-3)8-11-20(26)18-10-13-21(28-2)19-7-5-4-6-17(18)19/h4-14H,15H2,1-3H3,(H,25,27). The number of likely N-dealkylation sites (N-methyl/N-ethyl adjacent to an activating group) is 1. The Labute approximate surface area is 175 Å². The molecule has 0 heterocycles. The Morgan fingerprint density at radius 2 is 1.60 bits per heavy atom. The highest BCUT2D eigenvalue weighted by Gasteiger charge is 2.11. The van der Waals surface area contributed by atoms with Crippen LogP contribution in [-0.4, -0.2) is 39.6 Å². The number of amides is 1. The van der Waals surface area contributed by atoms with E-state index in [1.165, 1.54) is 13.2 Å². The van der Waals surface area contributed by atoms with E-state index >= 15 is 0 Å². The van der Waals surface area contributed by atoms with Crippen molar-refractivity contribution in [3.05, 3.63) is 71.8 Å². The van der Waals surface area contributed by atoms with Crippen LogP contribution < -0.4 is 19.5 Å². The summed E-state index contributed by atoms with van der Waals surface area (Å²) in [5.41, 5.74) is 1.37. The lowest BCUT2D eigenvalue weighted by atomic mass is 10.00. The van der Waals surface area contributed by atoms with Crippen LogP contribution >= 0.6 is 0 Å². The van der Waals surface area contributed by atoms with Crippen LogP contribution in [0.5, 0.6) is 17.2 Å². The first kappa shape index (κ1) is 20.9. The van der Waals surface area contributed by atoms with E-state index in [9.17, 15) is 9.59 Å². The van der Waals surface area contributed by atoms with Gasteiger partial charge in [0.25, 0.3) is 5.91 Å². The van der Waals surface area contributed by atoms with E-state index in [4.69, 9.17) is 14.2 Å². The molecule has 3 rings (SSSR count). The molecule has 0 aliphatic carbocycles. The van der Waals surface area contributed by atoms with Gasteiger partial charge in [0.05, 0.1) is 14.2 Å². The molecule has 0 saturated carbocycles. The first-order valence-corrected chi connectivity index (χ1v) is 9.37. The average Bonchev–Trinajstić information content (AvgIpc) is 2.80. The minimum absolute atomic E-state index is 0.106.